The molecule has 5 heteroatoms. The van der Waals surface area contributed by atoms with Crippen molar-refractivity contribution in [3.63, 3.8) is 0 Å². The lowest BCUT2D eigenvalue weighted by Crippen LogP contribution is -2.35. The maximum absolute atomic E-state index is 12.2. The van der Waals surface area contributed by atoms with E-state index in [0.29, 0.717) is 11.3 Å². The predicted octanol–water partition coefficient (Wildman–Crippen LogP) is 1.97. The molecule has 1 aromatic carbocycles. The normalized spacial score (nSPS) is 16.9. The molecule has 1 aliphatic rings. The lowest BCUT2D eigenvalue weighted by Gasteiger charge is -2.28. The second-order valence-corrected chi connectivity index (χ2v) is 5.40. The van der Waals surface area contributed by atoms with Crippen molar-refractivity contribution in [3.8, 4) is 0 Å². The van der Waals surface area contributed by atoms with Crippen LogP contribution in [0.15, 0.2) is 18.2 Å². The number of carbonyl (C=O) groups is 2. The third-order valence-electron chi connectivity index (χ3n) is 3.82. The molecule has 2 rings (SSSR count). The summed E-state index contributed by atoms with van der Waals surface area (Å²) in [6, 6.07) is 4.98. The molecule has 1 heterocycles. The van der Waals surface area contributed by atoms with Crippen molar-refractivity contribution in [2.24, 2.45) is 5.92 Å². The average Bonchev–Trinajstić information content (AvgIpc) is 2.41. The number of likely N-dealkylation sites (tertiary alicyclic amines) is 1. The minimum Gasteiger partial charge on any atom is -0.478 e. The van der Waals surface area contributed by atoms with Crippen LogP contribution in [0.5, 0.6) is 0 Å². The third kappa shape index (κ3) is 3.36. The minimum atomic E-state index is -0.974. The fourth-order valence-electron chi connectivity index (χ4n) is 2.45. The number of nitrogens with one attached hydrogen (secondary N) is 1. The summed E-state index contributed by atoms with van der Waals surface area (Å²) < 4.78 is 0. The molecule has 5 nitrogen and oxygen atoms in total. The molecule has 0 atom stereocenters. The van der Waals surface area contributed by atoms with Crippen molar-refractivity contribution in [2.45, 2.75) is 19.8 Å². The lowest BCUT2D eigenvalue weighted by molar-refractivity contribution is -0.121. The highest BCUT2D eigenvalue weighted by molar-refractivity contribution is 5.95. The number of carbonyl (C=O) groups excluding carboxylic acids is 1. The zero-order valence-corrected chi connectivity index (χ0v) is 11.8. The van der Waals surface area contributed by atoms with E-state index in [0.717, 1.165) is 25.9 Å². The van der Waals surface area contributed by atoms with Crippen LogP contribution in [0, 0.1) is 12.8 Å². The molecule has 0 radical (unpaired) electrons. The number of rotatable bonds is 3. The van der Waals surface area contributed by atoms with E-state index in [1.165, 1.54) is 6.07 Å². The average molecular weight is 276 g/mol. The van der Waals surface area contributed by atoms with Crippen LogP contribution in [0.25, 0.3) is 0 Å². The van der Waals surface area contributed by atoms with Gasteiger partial charge in [0.1, 0.15) is 0 Å². The molecule has 1 fully saturated rings. The molecule has 1 amide bonds. The predicted molar refractivity (Wildman–Crippen MR) is 77.0 cm³/mol. The van der Waals surface area contributed by atoms with E-state index < -0.39 is 5.97 Å². The number of hydrogen-bond donors (Lipinski definition) is 2. The highest BCUT2D eigenvalue weighted by atomic mass is 16.4. The second kappa shape index (κ2) is 6.05. The zero-order valence-electron chi connectivity index (χ0n) is 11.8. The largest absolute Gasteiger partial charge is 0.478 e. The summed E-state index contributed by atoms with van der Waals surface area (Å²) in [5, 5.41) is 11.9. The Kier molecular flexibility index (Phi) is 4.39. The number of carboxylic acid groups (broad SMARTS) is 1. The monoisotopic (exact) mass is 276 g/mol. The Morgan fingerprint density at radius 3 is 2.55 bits per heavy atom. The highest BCUT2D eigenvalue weighted by Crippen LogP contribution is 2.20. The van der Waals surface area contributed by atoms with Crippen molar-refractivity contribution in [1.82, 2.24) is 4.90 Å². The van der Waals surface area contributed by atoms with E-state index in [2.05, 4.69) is 10.2 Å². The standard InChI is InChI=1S/C15H20N2O3/c1-10-3-4-12(9-13(10)15(19)20)16-14(18)11-5-7-17(2)8-6-11/h3-4,9,11H,5-8H2,1-2H3,(H,16,18)(H,19,20). The topological polar surface area (TPSA) is 69.6 Å². The van der Waals surface area contributed by atoms with Gasteiger partial charge in [-0.2, -0.15) is 0 Å². The summed E-state index contributed by atoms with van der Waals surface area (Å²) in [5.74, 6) is -0.975. The van der Waals surface area contributed by atoms with Gasteiger partial charge < -0.3 is 15.3 Å². The van der Waals surface area contributed by atoms with Crippen molar-refractivity contribution >= 4 is 17.6 Å². The molecule has 0 bridgehead atoms. The molecule has 0 saturated carbocycles. The zero-order chi connectivity index (χ0) is 14.7. The number of amides is 1. The molecule has 1 saturated heterocycles. The quantitative estimate of drug-likeness (QED) is 0.885. The number of piperidine rings is 1. The van der Waals surface area contributed by atoms with E-state index in [9.17, 15) is 9.59 Å². The fourth-order valence-corrected chi connectivity index (χ4v) is 2.45. The molecule has 0 aliphatic carbocycles. The van der Waals surface area contributed by atoms with Crippen LogP contribution >= 0.6 is 0 Å². The van der Waals surface area contributed by atoms with Crippen molar-refractivity contribution < 1.29 is 14.7 Å². The first-order valence-corrected chi connectivity index (χ1v) is 6.80. The first-order valence-electron chi connectivity index (χ1n) is 6.80. The molecular weight excluding hydrogens is 256 g/mol. The molecule has 0 aromatic heterocycles. The first kappa shape index (κ1) is 14.5. The minimum absolute atomic E-state index is 0.0146. The molecular formula is C15H20N2O3. The Morgan fingerprint density at radius 2 is 1.95 bits per heavy atom. The number of benzene rings is 1. The summed E-state index contributed by atoms with van der Waals surface area (Å²) in [5.41, 5.74) is 1.47. The highest BCUT2D eigenvalue weighted by Gasteiger charge is 2.23. The van der Waals surface area contributed by atoms with Crippen LogP contribution in [0.3, 0.4) is 0 Å². The smallest absolute Gasteiger partial charge is 0.336 e. The van der Waals surface area contributed by atoms with Crippen LogP contribution in [-0.2, 0) is 4.79 Å². The van der Waals surface area contributed by atoms with E-state index >= 15 is 0 Å². The number of nitrogens with zero attached hydrogens (tertiary/aromatic N) is 1. The Hall–Kier alpha value is -1.88. The molecule has 0 spiro atoms. The molecule has 20 heavy (non-hydrogen) atoms. The van der Waals surface area contributed by atoms with Crippen LogP contribution in [0.4, 0.5) is 5.69 Å². The van der Waals surface area contributed by atoms with Gasteiger partial charge in [-0.05, 0) is 57.6 Å². The van der Waals surface area contributed by atoms with E-state index in [1.807, 2.05) is 7.05 Å². The Labute approximate surface area is 118 Å². The van der Waals surface area contributed by atoms with Gasteiger partial charge in [0, 0.05) is 11.6 Å². The van der Waals surface area contributed by atoms with Gasteiger partial charge in [-0.1, -0.05) is 6.07 Å². The second-order valence-electron chi connectivity index (χ2n) is 5.40. The number of aryl methyl sites for hydroxylation is 1. The first-order chi connectivity index (χ1) is 9.47. The summed E-state index contributed by atoms with van der Waals surface area (Å²) in [7, 11) is 2.05. The summed E-state index contributed by atoms with van der Waals surface area (Å²) in [4.78, 5) is 25.4. The fraction of sp³-hybridized carbons (Fsp3) is 0.467. The number of anilines is 1. The maximum atomic E-state index is 12.2. The van der Waals surface area contributed by atoms with E-state index in [4.69, 9.17) is 5.11 Å². The maximum Gasteiger partial charge on any atom is 0.336 e. The summed E-state index contributed by atoms with van der Waals surface area (Å²) >= 11 is 0. The number of carboxylic acids is 1. The molecule has 2 N–H and O–H groups in total. The van der Waals surface area contributed by atoms with Gasteiger partial charge in [0.25, 0.3) is 0 Å². The van der Waals surface area contributed by atoms with Gasteiger partial charge in [0.05, 0.1) is 5.56 Å². The van der Waals surface area contributed by atoms with Crippen LogP contribution in [0.1, 0.15) is 28.8 Å². The van der Waals surface area contributed by atoms with Gasteiger partial charge in [-0.3, -0.25) is 4.79 Å². The van der Waals surface area contributed by atoms with Crippen LogP contribution < -0.4 is 5.32 Å². The van der Waals surface area contributed by atoms with Crippen LogP contribution in [-0.4, -0.2) is 42.0 Å². The number of aromatic carboxylic acids is 1. The molecule has 0 unspecified atom stereocenters. The van der Waals surface area contributed by atoms with Gasteiger partial charge in [0.15, 0.2) is 0 Å². The molecule has 108 valence electrons. The van der Waals surface area contributed by atoms with Gasteiger partial charge >= 0.3 is 5.97 Å². The third-order valence-corrected chi connectivity index (χ3v) is 3.82. The SMILES string of the molecule is Cc1ccc(NC(=O)C2CCN(C)CC2)cc1C(=O)O. The van der Waals surface area contributed by atoms with E-state index in [1.54, 1.807) is 19.1 Å². The molecule has 1 aromatic rings. The van der Waals surface area contributed by atoms with Gasteiger partial charge in [0.2, 0.25) is 5.91 Å². The van der Waals surface area contributed by atoms with Crippen molar-refractivity contribution in [2.75, 3.05) is 25.5 Å². The van der Waals surface area contributed by atoms with Crippen molar-refractivity contribution in [3.05, 3.63) is 29.3 Å². The number of hydrogen-bond acceptors (Lipinski definition) is 3. The Bertz CT molecular complexity index is 520. The summed E-state index contributed by atoms with van der Waals surface area (Å²) in [6.45, 7) is 3.59. The van der Waals surface area contributed by atoms with E-state index in [-0.39, 0.29) is 17.4 Å². The lowest BCUT2D eigenvalue weighted by atomic mass is 9.96. The van der Waals surface area contributed by atoms with Crippen LogP contribution in [0.2, 0.25) is 0 Å². The summed E-state index contributed by atoms with van der Waals surface area (Å²) in [6.07, 6.45) is 1.69. The van der Waals surface area contributed by atoms with Gasteiger partial charge in [-0.25, -0.2) is 4.79 Å². The van der Waals surface area contributed by atoms with Gasteiger partial charge in [-0.15, -0.1) is 0 Å². The Balaban J connectivity index is 2.04. The van der Waals surface area contributed by atoms with Crippen molar-refractivity contribution in [1.29, 1.82) is 0 Å². The Morgan fingerprint density at radius 1 is 1.30 bits per heavy atom. The molecule has 1 aliphatic heterocycles.